The summed E-state index contributed by atoms with van der Waals surface area (Å²) >= 11 is 1.87. The predicted octanol–water partition coefficient (Wildman–Crippen LogP) is 12.8. The molecule has 0 saturated carbocycles. The molecule has 0 bridgehead atoms. The molecule has 1 heteroatoms. The van der Waals surface area contributed by atoms with Crippen LogP contribution in [0.4, 0.5) is 0 Å². The van der Waals surface area contributed by atoms with Crippen LogP contribution in [-0.2, 0) is 0 Å². The van der Waals surface area contributed by atoms with Crippen LogP contribution in [0.1, 0.15) is 16.7 Å². The van der Waals surface area contributed by atoms with Crippen LogP contribution >= 0.6 is 11.3 Å². The van der Waals surface area contributed by atoms with E-state index >= 15 is 0 Å². The van der Waals surface area contributed by atoms with Gasteiger partial charge in [0.25, 0.3) is 0 Å². The number of fused-ring (bicyclic) bond motifs is 5. The average Bonchev–Trinajstić information content (AvgIpc) is 3.48. The van der Waals surface area contributed by atoms with E-state index in [0.29, 0.717) is 0 Å². The lowest BCUT2D eigenvalue weighted by molar-refractivity contribution is 1.60. The van der Waals surface area contributed by atoms with Gasteiger partial charge in [-0.2, -0.15) is 0 Å². The Morgan fingerprint density at radius 3 is 1.60 bits per heavy atom. The molecule has 212 valence electrons. The molecular formula is C44H30S. The first-order chi connectivity index (χ1) is 22.3. The molecule has 0 aliphatic heterocycles. The summed E-state index contributed by atoms with van der Waals surface area (Å²) in [6.45, 7) is 4.18. The highest BCUT2D eigenvalue weighted by Gasteiger charge is 2.16. The van der Waals surface area contributed by atoms with Crippen molar-refractivity contribution >= 4 is 70.3 Å². The third-order valence-electron chi connectivity index (χ3n) is 8.69. The highest BCUT2D eigenvalue weighted by Crippen LogP contribution is 2.43. The number of benzene rings is 7. The minimum atomic E-state index is 1.09. The molecule has 0 nitrogen and oxygen atoms in total. The van der Waals surface area contributed by atoms with Gasteiger partial charge in [0.15, 0.2) is 0 Å². The van der Waals surface area contributed by atoms with Crippen molar-refractivity contribution < 1.29 is 0 Å². The van der Waals surface area contributed by atoms with Crippen LogP contribution in [0.5, 0.6) is 0 Å². The maximum absolute atomic E-state index is 4.18. The highest BCUT2D eigenvalue weighted by atomic mass is 32.1. The van der Waals surface area contributed by atoms with Crippen molar-refractivity contribution in [1.82, 2.24) is 0 Å². The summed E-state index contributed by atoms with van der Waals surface area (Å²) in [5, 5.41) is 7.64. The topological polar surface area (TPSA) is 0 Å². The van der Waals surface area contributed by atoms with Crippen molar-refractivity contribution in [3.8, 4) is 11.1 Å². The molecule has 0 unspecified atom stereocenters. The monoisotopic (exact) mass is 590 g/mol. The van der Waals surface area contributed by atoms with Gasteiger partial charge in [-0.3, -0.25) is 0 Å². The van der Waals surface area contributed by atoms with Crippen molar-refractivity contribution in [3.63, 3.8) is 0 Å². The molecule has 1 heterocycles. The molecular weight excluding hydrogens is 561 g/mol. The highest BCUT2D eigenvalue weighted by molar-refractivity contribution is 7.25. The Balaban J connectivity index is 1.41. The Kier molecular flexibility index (Phi) is 6.94. The first kappa shape index (κ1) is 27.1. The molecule has 45 heavy (non-hydrogen) atoms. The summed E-state index contributed by atoms with van der Waals surface area (Å²) in [4.78, 5) is 0. The fraction of sp³-hybridized carbons (Fsp3) is 0. The maximum Gasteiger partial charge on any atom is 0.0361 e. The summed E-state index contributed by atoms with van der Waals surface area (Å²) in [6.07, 6.45) is 6.59. The van der Waals surface area contributed by atoms with Crippen LogP contribution in [0.15, 0.2) is 170 Å². The molecule has 0 radical (unpaired) electrons. The Hall–Kier alpha value is -5.50. The molecule has 7 aromatic carbocycles. The number of hydrogen-bond acceptors (Lipinski definition) is 1. The lowest BCUT2D eigenvalue weighted by Crippen LogP contribution is -1.91. The predicted molar refractivity (Wildman–Crippen MR) is 199 cm³/mol. The average molecular weight is 591 g/mol. The van der Waals surface area contributed by atoms with E-state index in [0.717, 1.165) is 16.7 Å². The van der Waals surface area contributed by atoms with Crippen LogP contribution < -0.4 is 0 Å². The third kappa shape index (κ3) is 4.88. The van der Waals surface area contributed by atoms with E-state index in [2.05, 4.69) is 170 Å². The smallest absolute Gasteiger partial charge is 0.0361 e. The SMILES string of the molecule is C=C/C(=C\C(=Cc1c2ccccc2c(-c2ccc3c(c2)sc2ccccc23)c2ccccc12)c1ccccc1)c1ccccc1. The van der Waals surface area contributed by atoms with E-state index in [1.54, 1.807) is 0 Å². The largest absolute Gasteiger partial charge is 0.135 e. The molecule has 8 rings (SSSR count). The first-order valence-corrected chi connectivity index (χ1v) is 16.1. The van der Waals surface area contributed by atoms with Crippen LogP contribution in [0, 0.1) is 0 Å². The molecule has 1 aromatic heterocycles. The second kappa shape index (κ2) is 11.5. The Bertz CT molecular complexity index is 2360. The van der Waals surface area contributed by atoms with Gasteiger partial charge >= 0.3 is 0 Å². The van der Waals surface area contributed by atoms with Crippen LogP contribution in [0.25, 0.3) is 70.1 Å². The number of thiophene rings is 1. The van der Waals surface area contributed by atoms with Crippen molar-refractivity contribution in [3.05, 3.63) is 187 Å². The van der Waals surface area contributed by atoms with Crippen molar-refractivity contribution in [2.45, 2.75) is 0 Å². The molecule has 0 aliphatic rings. The molecule has 0 aliphatic carbocycles. The zero-order valence-electron chi connectivity index (χ0n) is 24.8. The summed E-state index contributed by atoms with van der Waals surface area (Å²) in [7, 11) is 0. The van der Waals surface area contributed by atoms with Crippen molar-refractivity contribution in [2.75, 3.05) is 0 Å². The fourth-order valence-electron chi connectivity index (χ4n) is 6.56. The molecule has 8 aromatic rings. The Labute approximate surface area is 267 Å². The van der Waals surface area contributed by atoms with Gasteiger partial charge in [0, 0.05) is 20.2 Å². The van der Waals surface area contributed by atoms with E-state index in [4.69, 9.17) is 0 Å². The Morgan fingerprint density at radius 2 is 0.978 bits per heavy atom. The van der Waals surface area contributed by atoms with Gasteiger partial charge in [-0.1, -0.05) is 152 Å². The Morgan fingerprint density at radius 1 is 0.467 bits per heavy atom. The maximum atomic E-state index is 4.18. The molecule has 0 spiro atoms. The summed E-state index contributed by atoms with van der Waals surface area (Å²) in [5.41, 5.74) is 8.30. The van der Waals surface area contributed by atoms with E-state index < -0.39 is 0 Å². The second-order valence-corrected chi connectivity index (χ2v) is 12.4. The summed E-state index contributed by atoms with van der Waals surface area (Å²) in [5.74, 6) is 0. The van der Waals surface area contributed by atoms with E-state index in [9.17, 15) is 0 Å². The molecule has 0 atom stereocenters. The normalized spacial score (nSPS) is 12.4. The second-order valence-electron chi connectivity index (χ2n) is 11.3. The standard InChI is InChI=1S/C44H30S/c1-2-30(31-15-5-3-6-16-31)27-34(32-17-7-4-8-18-32)28-41-35-19-9-11-22-39(35)44(40-23-12-10-20-36(40)41)33-25-26-38-37-21-13-14-24-42(37)45-43(38)29-33/h2-29H,1H2/b30-27+,34-28?. The summed E-state index contributed by atoms with van der Waals surface area (Å²) < 4.78 is 2.65. The minimum absolute atomic E-state index is 1.09. The van der Waals surface area contributed by atoms with Gasteiger partial charge in [0.1, 0.15) is 0 Å². The number of allylic oxidation sites excluding steroid dienone is 4. The van der Waals surface area contributed by atoms with Gasteiger partial charge in [-0.05, 0) is 84.8 Å². The quantitative estimate of drug-likeness (QED) is 0.103. The summed E-state index contributed by atoms with van der Waals surface area (Å²) in [6, 6.07) is 54.6. The van der Waals surface area contributed by atoms with E-state index in [-0.39, 0.29) is 0 Å². The first-order valence-electron chi connectivity index (χ1n) is 15.3. The van der Waals surface area contributed by atoms with Gasteiger partial charge in [-0.15, -0.1) is 11.3 Å². The van der Waals surface area contributed by atoms with Gasteiger partial charge in [0.05, 0.1) is 0 Å². The molecule has 0 amide bonds. The third-order valence-corrected chi connectivity index (χ3v) is 9.82. The lowest BCUT2D eigenvalue weighted by Gasteiger charge is -2.17. The van der Waals surface area contributed by atoms with Gasteiger partial charge in [-0.25, -0.2) is 0 Å². The zero-order chi connectivity index (χ0) is 30.2. The molecule has 0 N–H and O–H groups in total. The molecule has 0 saturated heterocycles. The van der Waals surface area contributed by atoms with E-state index in [1.165, 1.54) is 64.0 Å². The lowest BCUT2D eigenvalue weighted by atomic mass is 9.87. The van der Waals surface area contributed by atoms with Crippen molar-refractivity contribution in [1.29, 1.82) is 0 Å². The van der Waals surface area contributed by atoms with Gasteiger partial charge in [0.2, 0.25) is 0 Å². The van der Waals surface area contributed by atoms with Crippen LogP contribution in [0.3, 0.4) is 0 Å². The fourth-order valence-corrected chi connectivity index (χ4v) is 7.71. The number of hydrogen-bond donors (Lipinski definition) is 0. The molecule has 0 fully saturated rings. The van der Waals surface area contributed by atoms with E-state index in [1.807, 2.05) is 17.4 Å². The minimum Gasteiger partial charge on any atom is -0.135 e. The zero-order valence-corrected chi connectivity index (χ0v) is 25.6. The van der Waals surface area contributed by atoms with Crippen LogP contribution in [-0.4, -0.2) is 0 Å². The van der Waals surface area contributed by atoms with Gasteiger partial charge < -0.3 is 0 Å². The van der Waals surface area contributed by atoms with Crippen molar-refractivity contribution in [2.24, 2.45) is 0 Å². The number of rotatable bonds is 6. The van der Waals surface area contributed by atoms with Crippen LogP contribution in [0.2, 0.25) is 0 Å².